The van der Waals surface area contributed by atoms with Gasteiger partial charge in [-0.3, -0.25) is 4.79 Å². The molecule has 0 spiro atoms. The fraction of sp³-hybridized carbons (Fsp3) is 0.500. The smallest absolute Gasteiger partial charge is 0.254 e. The molecule has 6 nitrogen and oxygen atoms in total. The molecule has 0 saturated carbocycles. The Morgan fingerprint density at radius 2 is 2.33 bits per heavy atom. The van der Waals surface area contributed by atoms with Gasteiger partial charge in [-0.1, -0.05) is 0 Å². The molecule has 2 N–H and O–H groups in total. The van der Waals surface area contributed by atoms with Gasteiger partial charge in [-0.05, 0) is 19.1 Å². The highest BCUT2D eigenvalue weighted by Gasteiger charge is 2.22. The molecule has 1 aromatic rings. The number of carbonyl (C=O) groups is 1. The predicted octanol–water partition coefficient (Wildman–Crippen LogP) is 1.44. The zero-order valence-corrected chi connectivity index (χ0v) is 13.0. The predicted molar refractivity (Wildman–Crippen MR) is 82.7 cm³/mol. The third kappa shape index (κ3) is 4.77. The second-order valence-electron chi connectivity index (χ2n) is 4.35. The van der Waals surface area contributed by atoms with Crippen LogP contribution in [0.3, 0.4) is 0 Å². The average molecular weight is 317 g/mol. The zero-order valence-electron chi connectivity index (χ0n) is 12.2. The van der Waals surface area contributed by atoms with Crippen LogP contribution in [-0.4, -0.2) is 45.4 Å². The number of morpholine rings is 1. The molecule has 0 bridgehead atoms. The van der Waals surface area contributed by atoms with Gasteiger partial charge in [0.1, 0.15) is 17.6 Å². The van der Waals surface area contributed by atoms with Crippen molar-refractivity contribution in [2.24, 2.45) is 0 Å². The number of anilines is 1. The molecule has 1 unspecified atom stereocenters. The van der Waals surface area contributed by atoms with Gasteiger partial charge in [-0.2, -0.15) is 0 Å². The maximum atomic E-state index is 12.2. The molecule has 0 aliphatic carbocycles. The first-order chi connectivity index (χ1) is 9.74. The van der Waals surface area contributed by atoms with Gasteiger partial charge < -0.3 is 24.8 Å². The van der Waals surface area contributed by atoms with E-state index in [1.165, 1.54) is 0 Å². The Labute approximate surface area is 130 Å². The van der Waals surface area contributed by atoms with Crippen molar-refractivity contribution in [3.05, 3.63) is 18.2 Å². The van der Waals surface area contributed by atoms with Crippen LogP contribution in [-0.2, 0) is 9.53 Å². The van der Waals surface area contributed by atoms with E-state index in [2.05, 4.69) is 10.6 Å². The summed E-state index contributed by atoms with van der Waals surface area (Å²) in [5.41, 5.74) is 0.588. The monoisotopic (exact) mass is 316 g/mol. The SMILES string of the molecule is CCOc1ccc(OC)cc1NC(=O)C1CNCCO1.Cl. The Kier molecular flexibility index (Phi) is 7.28. The molecule has 1 amide bonds. The molecule has 118 valence electrons. The van der Waals surface area contributed by atoms with Crippen LogP contribution in [0.4, 0.5) is 5.69 Å². The number of benzene rings is 1. The van der Waals surface area contributed by atoms with Crippen LogP contribution in [0.2, 0.25) is 0 Å². The summed E-state index contributed by atoms with van der Waals surface area (Å²) < 4.78 is 16.1. The number of methoxy groups -OCH3 is 1. The zero-order chi connectivity index (χ0) is 14.4. The van der Waals surface area contributed by atoms with E-state index < -0.39 is 6.10 Å². The maximum Gasteiger partial charge on any atom is 0.254 e. The molecule has 1 aliphatic rings. The normalized spacial score (nSPS) is 17.5. The molecular formula is C14H21ClN2O4. The van der Waals surface area contributed by atoms with Crippen molar-refractivity contribution in [2.75, 3.05) is 38.7 Å². The van der Waals surface area contributed by atoms with Crippen molar-refractivity contribution in [1.29, 1.82) is 0 Å². The summed E-state index contributed by atoms with van der Waals surface area (Å²) in [4.78, 5) is 12.2. The lowest BCUT2D eigenvalue weighted by molar-refractivity contribution is -0.128. The van der Waals surface area contributed by atoms with Crippen LogP contribution < -0.4 is 20.1 Å². The van der Waals surface area contributed by atoms with Crippen LogP contribution >= 0.6 is 12.4 Å². The summed E-state index contributed by atoms with van der Waals surface area (Å²) in [6, 6.07) is 5.30. The van der Waals surface area contributed by atoms with Crippen LogP contribution in [0.25, 0.3) is 0 Å². The minimum atomic E-state index is -0.482. The first kappa shape index (κ1) is 17.6. The number of carbonyl (C=O) groups excluding carboxylic acids is 1. The minimum absolute atomic E-state index is 0. The fourth-order valence-corrected chi connectivity index (χ4v) is 1.96. The highest BCUT2D eigenvalue weighted by atomic mass is 35.5. The van der Waals surface area contributed by atoms with Gasteiger partial charge in [-0.25, -0.2) is 0 Å². The number of hydrogen-bond donors (Lipinski definition) is 2. The van der Waals surface area contributed by atoms with Gasteiger partial charge in [0, 0.05) is 19.2 Å². The third-order valence-corrected chi connectivity index (χ3v) is 2.96. The van der Waals surface area contributed by atoms with E-state index in [-0.39, 0.29) is 18.3 Å². The van der Waals surface area contributed by atoms with Crippen molar-refractivity contribution < 1.29 is 19.0 Å². The van der Waals surface area contributed by atoms with Gasteiger partial charge in [0.05, 0.1) is 26.0 Å². The quantitative estimate of drug-likeness (QED) is 0.860. The number of rotatable bonds is 5. The van der Waals surface area contributed by atoms with E-state index in [1.807, 2.05) is 6.92 Å². The lowest BCUT2D eigenvalue weighted by atomic mass is 10.2. The molecule has 1 fully saturated rings. The van der Waals surface area contributed by atoms with Gasteiger partial charge in [0.25, 0.3) is 5.91 Å². The summed E-state index contributed by atoms with van der Waals surface area (Å²) in [5, 5.41) is 5.95. The molecule has 0 radical (unpaired) electrons. The van der Waals surface area contributed by atoms with Crippen LogP contribution in [0, 0.1) is 0 Å². The second-order valence-corrected chi connectivity index (χ2v) is 4.35. The first-order valence-electron chi connectivity index (χ1n) is 6.68. The summed E-state index contributed by atoms with van der Waals surface area (Å²) in [5.74, 6) is 1.09. The molecule has 1 heterocycles. The number of ether oxygens (including phenoxy) is 3. The standard InChI is InChI=1S/C14H20N2O4.ClH/c1-3-19-12-5-4-10(18-2)8-11(12)16-14(17)13-9-15-6-7-20-13;/h4-5,8,13,15H,3,6-7,9H2,1-2H3,(H,16,17);1H. The van der Waals surface area contributed by atoms with Gasteiger partial charge in [-0.15, -0.1) is 12.4 Å². The van der Waals surface area contributed by atoms with Gasteiger partial charge in [0.15, 0.2) is 0 Å². The highest BCUT2D eigenvalue weighted by molar-refractivity contribution is 5.96. The fourth-order valence-electron chi connectivity index (χ4n) is 1.96. The number of halogens is 1. The number of amides is 1. The highest BCUT2D eigenvalue weighted by Crippen LogP contribution is 2.29. The summed E-state index contributed by atoms with van der Waals surface area (Å²) >= 11 is 0. The molecule has 21 heavy (non-hydrogen) atoms. The van der Waals surface area contributed by atoms with E-state index in [0.29, 0.717) is 36.9 Å². The van der Waals surface area contributed by atoms with Crippen molar-refractivity contribution in [3.8, 4) is 11.5 Å². The van der Waals surface area contributed by atoms with E-state index in [0.717, 1.165) is 6.54 Å². The maximum absolute atomic E-state index is 12.2. The Morgan fingerprint density at radius 3 is 2.95 bits per heavy atom. The largest absolute Gasteiger partial charge is 0.497 e. The number of hydrogen-bond acceptors (Lipinski definition) is 5. The molecule has 1 saturated heterocycles. The average Bonchev–Trinajstić information content (AvgIpc) is 2.50. The summed E-state index contributed by atoms with van der Waals surface area (Å²) in [6.07, 6.45) is -0.482. The van der Waals surface area contributed by atoms with E-state index >= 15 is 0 Å². The summed E-state index contributed by atoms with van der Waals surface area (Å²) in [6.45, 7) is 4.24. The molecule has 1 aromatic carbocycles. The molecular weight excluding hydrogens is 296 g/mol. The van der Waals surface area contributed by atoms with Crippen molar-refractivity contribution in [2.45, 2.75) is 13.0 Å². The van der Waals surface area contributed by atoms with Gasteiger partial charge in [0.2, 0.25) is 0 Å². The van der Waals surface area contributed by atoms with Crippen molar-refractivity contribution in [1.82, 2.24) is 5.32 Å². The Hall–Kier alpha value is -1.50. The van der Waals surface area contributed by atoms with E-state index in [1.54, 1.807) is 25.3 Å². The van der Waals surface area contributed by atoms with Crippen LogP contribution in [0.1, 0.15) is 6.92 Å². The van der Waals surface area contributed by atoms with Crippen molar-refractivity contribution in [3.63, 3.8) is 0 Å². The lowest BCUT2D eigenvalue weighted by Crippen LogP contribution is -2.45. The van der Waals surface area contributed by atoms with Crippen LogP contribution in [0.15, 0.2) is 18.2 Å². The molecule has 1 aliphatic heterocycles. The Bertz CT molecular complexity index is 464. The van der Waals surface area contributed by atoms with Gasteiger partial charge >= 0.3 is 0 Å². The molecule has 7 heteroatoms. The molecule has 0 aromatic heterocycles. The topological polar surface area (TPSA) is 68.8 Å². The number of nitrogens with one attached hydrogen (secondary N) is 2. The van der Waals surface area contributed by atoms with E-state index in [9.17, 15) is 4.79 Å². The first-order valence-corrected chi connectivity index (χ1v) is 6.68. The van der Waals surface area contributed by atoms with Crippen LogP contribution in [0.5, 0.6) is 11.5 Å². The molecule has 1 atom stereocenters. The minimum Gasteiger partial charge on any atom is -0.497 e. The Morgan fingerprint density at radius 1 is 1.52 bits per heavy atom. The third-order valence-electron chi connectivity index (χ3n) is 2.96. The van der Waals surface area contributed by atoms with Crippen molar-refractivity contribution >= 4 is 24.0 Å². The Balaban J connectivity index is 0.00000220. The lowest BCUT2D eigenvalue weighted by Gasteiger charge is -2.23. The summed E-state index contributed by atoms with van der Waals surface area (Å²) in [7, 11) is 1.58. The second kappa shape index (κ2) is 8.71. The molecule has 2 rings (SSSR count). The van der Waals surface area contributed by atoms with E-state index in [4.69, 9.17) is 14.2 Å².